The van der Waals surface area contributed by atoms with Gasteiger partial charge in [0.05, 0.1) is 0 Å². The zero-order chi connectivity index (χ0) is 39.1. The third-order valence-corrected chi connectivity index (χ3v) is 11.9. The molecule has 0 amide bonds. The Morgan fingerprint density at radius 1 is 0.203 bits per heavy atom. The van der Waals surface area contributed by atoms with Gasteiger partial charge in [-0.2, -0.15) is 0 Å². The van der Waals surface area contributed by atoms with Crippen LogP contribution in [0.1, 0.15) is 0 Å². The second kappa shape index (κ2) is 14.6. The minimum Gasteiger partial charge on any atom is -0.311 e. The first-order valence-electron chi connectivity index (χ1n) is 20.3. The fourth-order valence-corrected chi connectivity index (χ4v) is 9.00. The van der Waals surface area contributed by atoms with Crippen LogP contribution in [0.5, 0.6) is 0 Å². The maximum absolute atomic E-state index is 2.36. The van der Waals surface area contributed by atoms with Gasteiger partial charge >= 0.3 is 0 Å². The molecule has 11 rings (SSSR count). The summed E-state index contributed by atoms with van der Waals surface area (Å²) in [5.41, 5.74) is 13.0. The van der Waals surface area contributed by atoms with E-state index < -0.39 is 0 Å². The lowest BCUT2D eigenvalue weighted by atomic mass is 9.89. The van der Waals surface area contributed by atoms with Crippen molar-refractivity contribution < 1.29 is 0 Å². The highest BCUT2D eigenvalue weighted by atomic mass is 15.1. The summed E-state index contributed by atoms with van der Waals surface area (Å²) in [7, 11) is 0. The smallest absolute Gasteiger partial charge is 0.0462 e. The molecule has 0 atom stereocenters. The van der Waals surface area contributed by atoms with Crippen LogP contribution in [0.4, 0.5) is 17.1 Å². The lowest BCUT2D eigenvalue weighted by molar-refractivity contribution is 1.28. The van der Waals surface area contributed by atoms with Gasteiger partial charge in [-0.1, -0.05) is 188 Å². The predicted molar refractivity (Wildman–Crippen MR) is 253 cm³/mol. The van der Waals surface area contributed by atoms with Crippen LogP contribution < -0.4 is 4.90 Å². The number of hydrogen-bond acceptors (Lipinski definition) is 1. The van der Waals surface area contributed by atoms with Crippen LogP contribution in [0.2, 0.25) is 0 Å². The Bertz CT molecular complexity index is 3290. The molecule has 0 aliphatic rings. The summed E-state index contributed by atoms with van der Waals surface area (Å²) < 4.78 is 0. The summed E-state index contributed by atoms with van der Waals surface area (Å²) in [6.45, 7) is 0. The van der Waals surface area contributed by atoms with Crippen molar-refractivity contribution in [3.05, 3.63) is 237 Å². The average molecular weight is 750 g/mol. The lowest BCUT2D eigenvalue weighted by Crippen LogP contribution is -2.09. The normalized spacial score (nSPS) is 11.4. The molecule has 0 aliphatic heterocycles. The van der Waals surface area contributed by atoms with Crippen molar-refractivity contribution in [2.45, 2.75) is 0 Å². The Morgan fingerprint density at radius 2 is 0.559 bits per heavy atom. The molecule has 1 nitrogen and oxygen atoms in total. The lowest BCUT2D eigenvalue weighted by Gasteiger charge is -2.26. The first-order valence-corrected chi connectivity index (χ1v) is 20.3. The largest absolute Gasteiger partial charge is 0.311 e. The molecular weight excluding hydrogens is 711 g/mol. The van der Waals surface area contributed by atoms with Gasteiger partial charge < -0.3 is 4.90 Å². The molecule has 0 radical (unpaired) electrons. The summed E-state index contributed by atoms with van der Waals surface area (Å²) in [4.78, 5) is 2.36. The monoisotopic (exact) mass is 749 g/mol. The van der Waals surface area contributed by atoms with Gasteiger partial charge in [-0.3, -0.25) is 0 Å². The zero-order valence-electron chi connectivity index (χ0n) is 32.5. The quantitative estimate of drug-likeness (QED) is 0.147. The summed E-state index contributed by atoms with van der Waals surface area (Å²) >= 11 is 0. The summed E-state index contributed by atoms with van der Waals surface area (Å²) in [6.07, 6.45) is 0. The second-order valence-electron chi connectivity index (χ2n) is 15.3. The van der Waals surface area contributed by atoms with Crippen LogP contribution >= 0.6 is 0 Å². The van der Waals surface area contributed by atoms with E-state index in [0.29, 0.717) is 0 Å². The molecule has 0 N–H and O–H groups in total. The molecule has 276 valence electrons. The highest BCUT2D eigenvalue weighted by Crippen LogP contribution is 2.42. The van der Waals surface area contributed by atoms with E-state index in [1.54, 1.807) is 0 Å². The van der Waals surface area contributed by atoms with Crippen molar-refractivity contribution in [1.82, 2.24) is 0 Å². The highest BCUT2D eigenvalue weighted by Gasteiger charge is 2.17. The Morgan fingerprint density at radius 3 is 1.10 bits per heavy atom. The minimum atomic E-state index is 1.10. The molecule has 0 fully saturated rings. The van der Waals surface area contributed by atoms with E-state index >= 15 is 0 Å². The maximum Gasteiger partial charge on any atom is 0.0462 e. The standard InChI is InChI=1S/C58H39N/c1-2-14-40(15-3-1)41-26-32-46(33-27-41)59(48-36-30-43(31-37-48)57-38-44-16-4-6-19-50(44)52-21-10-12-24-55(52)57)47-34-28-42(29-35-47)49-18-8-9-23-54(49)58-39-45-17-5-7-20-51(45)53-22-11-13-25-56(53)58/h1-39H. The Hall–Kier alpha value is -7.74. The van der Waals surface area contributed by atoms with Crippen LogP contribution in [0.3, 0.4) is 0 Å². The van der Waals surface area contributed by atoms with E-state index in [1.807, 2.05) is 0 Å². The van der Waals surface area contributed by atoms with E-state index in [2.05, 4.69) is 241 Å². The van der Waals surface area contributed by atoms with Gasteiger partial charge in [0.15, 0.2) is 0 Å². The molecule has 0 heterocycles. The fourth-order valence-electron chi connectivity index (χ4n) is 9.00. The first-order chi connectivity index (χ1) is 29.3. The Balaban J connectivity index is 1.01. The van der Waals surface area contributed by atoms with Gasteiger partial charge in [-0.15, -0.1) is 0 Å². The van der Waals surface area contributed by atoms with Crippen molar-refractivity contribution in [3.8, 4) is 44.5 Å². The number of nitrogens with zero attached hydrogens (tertiary/aromatic N) is 1. The third-order valence-electron chi connectivity index (χ3n) is 11.9. The maximum atomic E-state index is 2.36. The molecule has 0 spiro atoms. The molecule has 0 saturated heterocycles. The van der Waals surface area contributed by atoms with Crippen LogP contribution in [0, 0.1) is 0 Å². The number of anilines is 3. The molecule has 59 heavy (non-hydrogen) atoms. The third kappa shape index (κ3) is 6.21. The second-order valence-corrected chi connectivity index (χ2v) is 15.3. The highest BCUT2D eigenvalue weighted by molar-refractivity contribution is 6.15. The van der Waals surface area contributed by atoms with Crippen molar-refractivity contribution in [2.24, 2.45) is 0 Å². The molecule has 0 aromatic heterocycles. The van der Waals surface area contributed by atoms with Gasteiger partial charge in [0, 0.05) is 17.1 Å². The zero-order valence-corrected chi connectivity index (χ0v) is 32.5. The first kappa shape index (κ1) is 34.5. The molecule has 11 aromatic rings. The van der Waals surface area contributed by atoms with Crippen LogP contribution in [-0.2, 0) is 0 Å². The van der Waals surface area contributed by atoms with Gasteiger partial charge in [0.1, 0.15) is 0 Å². The van der Waals surface area contributed by atoms with Gasteiger partial charge in [-0.25, -0.2) is 0 Å². The minimum absolute atomic E-state index is 1.10. The van der Waals surface area contributed by atoms with E-state index in [0.717, 1.165) is 17.1 Å². The van der Waals surface area contributed by atoms with Crippen molar-refractivity contribution in [1.29, 1.82) is 0 Å². The van der Waals surface area contributed by atoms with E-state index in [-0.39, 0.29) is 0 Å². The molecule has 11 aromatic carbocycles. The molecule has 0 bridgehead atoms. The van der Waals surface area contributed by atoms with Crippen molar-refractivity contribution >= 4 is 60.2 Å². The summed E-state index contributed by atoms with van der Waals surface area (Å²) in [5, 5.41) is 10.1. The van der Waals surface area contributed by atoms with E-state index in [1.165, 1.54) is 87.6 Å². The van der Waals surface area contributed by atoms with Gasteiger partial charge in [0.2, 0.25) is 0 Å². The number of rotatable bonds is 7. The summed E-state index contributed by atoms with van der Waals surface area (Å²) in [5.74, 6) is 0. The van der Waals surface area contributed by atoms with E-state index in [4.69, 9.17) is 0 Å². The molecule has 0 saturated carbocycles. The fraction of sp³-hybridized carbons (Fsp3) is 0. The van der Waals surface area contributed by atoms with E-state index in [9.17, 15) is 0 Å². The van der Waals surface area contributed by atoms with Crippen LogP contribution in [0.15, 0.2) is 237 Å². The van der Waals surface area contributed by atoms with Gasteiger partial charge in [0.25, 0.3) is 0 Å². The number of hydrogen-bond donors (Lipinski definition) is 0. The molecular formula is C58H39N. The van der Waals surface area contributed by atoms with Crippen LogP contribution in [0.25, 0.3) is 87.6 Å². The number of benzene rings is 11. The molecule has 1 heteroatoms. The topological polar surface area (TPSA) is 3.24 Å². The average Bonchev–Trinajstić information content (AvgIpc) is 3.32. The van der Waals surface area contributed by atoms with Crippen molar-refractivity contribution in [3.63, 3.8) is 0 Å². The number of fused-ring (bicyclic) bond motifs is 6. The predicted octanol–water partition coefficient (Wildman–Crippen LogP) is 16.4. The summed E-state index contributed by atoms with van der Waals surface area (Å²) in [6, 6.07) is 86.1. The molecule has 0 aliphatic carbocycles. The van der Waals surface area contributed by atoms with Gasteiger partial charge in [-0.05, 0) is 136 Å². The Labute approximate surface area is 344 Å². The SMILES string of the molecule is c1ccc(-c2ccc(N(c3ccc(-c4ccccc4-c4cc5ccccc5c5ccccc45)cc3)c3ccc(-c4cc5ccccc5c5ccccc45)cc3)cc2)cc1. The van der Waals surface area contributed by atoms with Crippen molar-refractivity contribution in [2.75, 3.05) is 4.90 Å². The molecule has 0 unspecified atom stereocenters. The Kier molecular flexibility index (Phi) is 8.56. The van der Waals surface area contributed by atoms with Crippen LogP contribution in [-0.4, -0.2) is 0 Å².